The molecular formula is C17H13F6N7S. The van der Waals surface area contributed by atoms with Crippen molar-refractivity contribution >= 4 is 23.4 Å². The van der Waals surface area contributed by atoms with Crippen LogP contribution in [0.5, 0.6) is 0 Å². The Morgan fingerprint density at radius 3 is 2.35 bits per heavy atom. The number of thioether (sulfide) groups is 1. The van der Waals surface area contributed by atoms with Crippen LogP contribution in [0.25, 0.3) is 5.69 Å². The van der Waals surface area contributed by atoms with Gasteiger partial charge >= 0.3 is 12.4 Å². The Balaban J connectivity index is 1.93. The van der Waals surface area contributed by atoms with E-state index >= 15 is 0 Å². The van der Waals surface area contributed by atoms with Gasteiger partial charge in [0.1, 0.15) is 11.4 Å². The predicted octanol–water partition coefficient (Wildman–Crippen LogP) is 4.24. The Labute approximate surface area is 175 Å². The van der Waals surface area contributed by atoms with E-state index in [9.17, 15) is 26.3 Å². The third-order valence-corrected chi connectivity index (χ3v) is 4.62. The molecule has 0 aliphatic rings. The molecule has 3 aromatic rings. The van der Waals surface area contributed by atoms with Gasteiger partial charge in [-0.05, 0) is 24.0 Å². The molecule has 0 saturated heterocycles. The maximum Gasteiger partial charge on any atom is 0.436 e. The van der Waals surface area contributed by atoms with Crippen LogP contribution in [0.2, 0.25) is 0 Å². The maximum atomic E-state index is 12.7. The minimum absolute atomic E-state index is 0.0626. The fourth-order valence-electron chi connectivity index (χ4n) is 2.32. The normalized spacial score (nSPS) is 12.9. The summed E-state index contributed by atoms with van der Waals surface area (Å²) >= 11 is 1.28. The molecule has 0 aliphatic heterocycles. The van der Waals surface area contributed by atoms with Crippen LogP contribution in [0.15, 0.2) is 46.7 Å². The number of rotatable bonds is 5. The first-order valence-corrected chi connectivity index (χ1v) is 9.48. The topological polar surface area (TPSA) is 94.9 Å². The van der Waals surface area contributed by atoms with E-state index in [1.54, 1.807) is 0 Å². The molecule has 14 heteroatoms. The van der Waals surface area contributed by atoms with E-state index in [1.807, 2.05) is 6.92 Å². The molecule has 0 spiro atoms. The summed E-state index contributed by atoms with van der Waals surface area (Å²) in [5.74, 6) is 0.385. The van der Waals surface area contributed by atoms with Gasteiger partial charge in [-0.3, -0.25) is 0 Å². The van der Waals surface area contributed by atoms with Crippen LogP contribution in [-0.2, 0) is 12.4 Å². The molecule has 3 aromatic heterocycles. The molecule has 7 nitrogen and oxygen atoms in total. The van der Waals surface area contributed by atoms with Crippen molar-refractivity contribution in [1.29, 1.82) is 0 Å². The van der Waals surface area contributed by atoms with E-state index in [1.165, 1.54) is 24.0 Å². The van der Waals surface area contributed by atoms with Crippen molar-refractivity contribution in [2.75, 3.05) is 5.75 Å². The molecule has 31 heavy (non-hydrogen) atoms. The van der Waals surface area contributed by atoms with Crippen molar-refractivity contribution in [1.82, 2.24) is 25.0 Å². The molecule has 0 bridgehead atoms. The molecule has 3 rings (SSSR count). The first-order chi connectivity index (χ1) is 14.5. The van der Waals surface area contributed by atoms with E-state index in [0.717, 1.165) is 16.9 Å². The Hall–Kier alpha value is -3.16. The number of amidine groups is 1. The number of hydrogen-bond acceptors (Lipinski definition) is 6. The van der Waals surface area contributed by atoms with E-state index in [0.29, 0.717) is 23.0 Å². The van der Waals surface area contributed by atoms with Crippen molar-refractivity contribution in [3.8, 4) is 5.69 Å². The molecule has 0 atom stereocenters. The summed E-state index contributed by atoms with van der Waals surface area (Å²) in [5, 5.41) is 6.99. The van der Waals surface area contributed by atoms with Gasteiger partial charge in [-0.2, -0.15) is 31.4 Å². The van der Waals surface area contributed by atoms with Gasteiger partial charge in [-0.15, -0.1) is 21.7 Å². The molecule has 0 fully saturated rings. The molecule has 0 aliphatic carbocycles. The number of pyridine rings is 2. The average Bonchev–Trinajstić information content (AvgIpc) is 3.18. The summed E-state index contributed by atoms with van der Waals surface area (Å²) < 4.78 is 76.2. The second kappa shape index (κ2) is 8.53. The van der Waals surface area contributed by atoms with Crippen LogP contribution < -0.4 is 5.73 Å². The fraction of sp³-hybridized carbons (Fsp3) is 0.235. The summed E-state index contributed by atoms with van der Waals surface area (Å²) in [7, 11) is 0. The highest BCUT2D eigenvalue weighted by Crippen LogP contribution is 2.30. The van der Waals surface area contributed by atoms with Crippen molar-refractivity contribution in [2.24, 2.45) is 10.7 Å². The first-order valence-electron chi connectivity index (χ1n) is 8.49. The monoisotopic (exact) mass is 461 g/mol. The highest BCUT2D eigenvalue weighted by Gasteiger charge is 2.34. The van der Waals surface area contributed by atoms with Gasteiger partial charge in [-0.1, -0.05) is 6.92 Å². The smallest absolute Gasteiger partial charge is 0.382 e. The summed E-state index contributed by atoms with van der Waals surface area (Å²) in [6.07, 6.45) is -6.75. The van der Waals surface area contributed by atoms with Crippen LogP contribution in [0.1, 0.15) is 23.9 Å². The van der Waals surface area contributed by atoms with E-state index in [-0.39, 0.29) is 23.0 Å². The van der Waals surface area contributed by atoms with Gasteiger partial charge in [0.2, 0.25) is 0 Å². The lowest BCUT2D eigenvalue weighted by atomic mass is 10.3. The summed E-state index contributed by atoms with van der Waals surface area (Å²) in [6, 6.07) is 3.36. The third kappa shape index (κ3) is 5.31. The van der Waals surface area contributed by atoms with E-state index < -0.39 is 23.6 Å². The second-order valence-corrected chi connectivity index (χ2v) is 7.20. The zero-order valence-electron chi connectivity index (χ0n) is 15.6. The molecule has 0 saturated carbocycles. The number of nitrogens with two attached hydrogens (primary N) is 1. The van der Waals surface area contributed by atoms with Gasteiger partial charge in [0.15, 0.2) is 17.3 Å². The van der Waals surface area contributed by atoms with E-state index in [2.05, 4.69) is 25.2 Å². The molecule has 0 radical (unpaired) electrons. The fourth-order valence-corrected chi connectivity index (χ4v) is 3.12. The number of alkyl halides is 6. The lowest BCUT2D eigenvalue weighted by Crippen LogP contribution is -2.17. The maximum absolute atomic E-state index is 12.7. The molecular weight excluding hydrogens is 448 g/mol. The number of halogens is 6. The lowest BCUT2D eigenvalue weighted by Gasteiger charge is -2.09. The number of aromatic nitrogens is 5. The van der Waals surface area contributed by atoms with Gasteiger partial charge in [0.25, 0.3) is 0 Å². The number of aliphatic imine (C=N–C) groups is 1. The summed E-state index contributed by atoms with van der Waals surface area (Å²) in [6.45, 7) is 1.83. The van der Waals surface area contributed by atoms with Gasteiger partial charge in [-0.25, -0.2) is 15.0 Å². The zero-order chi connectivity index (χ0) is 22.8. The highest BCUT2D eigenvalue weighted by atomic mass is 32.2. The zero-order valence-corrected chi connectivity index (χ0v) is 16.4. The second-order valence-electron chi connectivity index (χ2n) is 5.89. The van der Waals surface area contributed by atoms with Crippen LogP contribution in [0, 0.1) is 0 Å². The lowest BCUT2D eigenvalue weighted by molar-refractivity contribution is -0.141. The standard InChI is InChI=1S/C17H13F6N7S/c1-2-31-11-5-10(30-27-8-12(29-30)17(21,22)23)7-26-14(11)15(24)28-13-4-3-9(6-25-13)16(18,19)20/h3-8H,2H2,1H3,(H2,24,25,28). The van der Waals surface area contributed by atoms with Crippen molar-refractivity contribution in [3.63, 3.8) is 0 Å². The molecule has 2 N–H and O–H groups in total. The molecule has 3 heterocycles. The number of nitrogens with zero attached hydrogens (tertiary/aromatic N) is 6. The summed E-state index contributed by atoms with van der Waals surface area (Å²) in [4.78, 5) is 13.0. The predicted molar refractivity (Wildman–Crippen MR) is 100 cm³/mol. The summed E-state index contributed by atoms with van der Waals surface area (Å²) in [5.41, 5.74) is 4.23. The van der Waals surface area contributed by atoms with Crippen LogP contribution in [-0.4, -0.2) is 36.6 Å². The number of hydrogen-bond donors (Lipinski definition) is 1. The van der Waals surface area contributed by atoms with Crippen molar-refractivity contribution in [2.45, 2.75) is 24.2 Å². The Morgan fingerprint density at radius 2 is 1.81 bits per heavy atom. The SMILES string of the molecule is CCSc1cc(-n2ncc(C(F)(F)F)n2)cnc1C(N)=Nc1ccc(C(F)(F)F)cn1. The molecule has 0 amide bonds. The Kier molecular flexibility index (Phi) is 6.20. The molecule has 0 aromatic carbocycles. The third-order valence-electron chi connectivity index (χ3n) is 3.70. The van der Waals surface area contributed by atoms with E-state index in [4.69, 9.17) is 5.73 Å². The average molecular weight is 461 g/mol. The highest BCUT2D eigenvalue weighted by molar-refractivity contribution is 7.99. The van der Waals surface area contributed by atoms with Crippen LogP contribution in [0.3, 0.4) is 0 Å². The van der Waals surface area contributed by atoms with Gasteiger partial charge < -0.3 is 5.73 Å². The van der Waals surface area contributed by atoms with Crippen LogP contribution >= 0.6 is 11.8 Å². The minimum Gasteiger partial charge on any atom is -0.382 e. The van der Waals surface area contributed by atoms with Crippen molar-refractivity contribution < 1.29 is 26.3 Å². The van der Waals surface area contributed by atoms with Crippen molar-refractivity contribution in [3.05, 3.63) is 53.7 Å². The van der Waals surface area contributed by atoms with Crippen LogP contribution in [0.4, 0.5) is 32.2 Å². The molecule has 164 valence electrons. The Bertz CT molecular complexity index is 1090. The molecule has 0 unspecified atom stereocenters. The first kappa shape index (κ1) is 22.5. The van der Waals surface area contributed by atoms with Gasteiger partial charge in [0, 0.05) is 11.1 Å². The largest absolute Gasteiger partial charge is 0.436 e. The minimum atomic E-state index is -4.64. The quantitative estimate of drug-likeness (QED) is 0.264. The Morgan fingerprint density at radius 1 is 1.06 bits per heavy atom. The van der Waals surface area contributed by atoms with Gasteiger partial charge in [0.05, 0.1) is 18.0 Å².